The summed E-state index contributed by atoms with van der Waals surface area (Å²) in [7, 11) is 0. The number of benzene rings is 2. The van der Waals surface area contributed by atoms with Gasteiger partial charge in [-0.25, -0.2) is 4.98 Å². The van der Waals surface area contributed by atoms with Gasteiger partial charge >= 0.3 is 0 Å². The predicted octanol–water partition coefficient (Wildman–Crippen LogP) is 3.48. The Morgan fingerprint density at radius 1 is 1.22 bits per heavy atom. The molecule has 0 atom stereocenters. The number of carbonyl (C=O) groups excluding carboxylic acids is 1. The van der Waals surface area contributed by atoms with Gasteiger partial charge in [0, 0.05) is 30.8 Å². The topological polar surface area (TPSA) is 112 Å². The minimum Gasteiger partial charge on any atom is -0.366 e. The third-order valence-electron chi connectivity index (χ3n) is 5.73. The predicted molar refractivity (Wildman–Crippen MR) is 122 cm³/mol. The molecule has 2 heterocycles. The van der Waals surface area contributed by atoms with Crippen LogP contribution in [0.1, 0.15) is 42.9 Å². The molecule has 0 aliphatic carbocycles. The Bertz CT molecular complexity index is 1230. The van der Waals surface area contributed by atoms with E-state index in [0.717, 1.165) is 25.9 Å². The average molecular weight is 435 g/mol. The smallest absolute Gasteiger partial charge is 0.293 e. The van der Waals surface area contributed by atoms with Crippen LogP contribution in [0.2, 0.25) is 0 Å². The van der Waals surface area contributed by atoms with Crippen LogP contribution in [0.5, 0.6) is 0 Å². The number of hydrogen-bond acceptors (Lipinski definition) is 6. The minimum atomic E-state index is -0.438. The molecule has 2 aromatic carbocycles. The number of aromatic amines is 1. The summed E-state index contributed by atoms with van der Waals surface area (Å²) in [5.74, 6) is 0.00539. The molecule has 0 bridgehead atoms. The average Bonchev–Trinajstić information content (AvgIpc) is 3.31. The van der Waals surface area contributed by atoms with Crippen LogP contribution in [0.15, 0.2) is 47.3 Å². The summed E-state index contributed by atoms with van der Waals surface area (Å²) in [5, 5.41) is 12.2. The highest BCUT2D eigenvalue weighted by Crippen LogP contribution is 2.32. The molecule has 1 N–H and O–H groups in total. The van der Waals surface area contributed by atoms with Gasteiger partial charge < -0.3 is 14.8 Å². The molecule has 9 nitrogen and oxygen atoms in total. The van der Waals surface area contributed by atoms with E-state index in [-0.39, 0.29) is 35.3 Å². The third-order valence-corrected chi connectivity index (χ3v) is 5.73. The fourth-order valence-electron chi connectivity index (χ4n) is 4.05. The first kappa shape index (κ1) is 21.5. The highest BCUT2D eigenvalue weighted by molar-refractivity contribution is 5.96. The molecule has 1 fully saturated rings. The number of anilines is 1. The van der Waals surface area contributed by atoms with Gasteiger partial charge in [0.05, 0.1) is 22.4 Å². The maximum atomic E-state index is 13.3. The maximum Gasteiger partial charge on any atom is 0.293 e. The van der Waals surface area contributed by atoms with Gasteiger partial charge in [-0.2, -0.15) is 0 Å². The summed E-state index contributed by atoms with van der Waals surface area (Å²) in [4.78, 5) is 47.7. The number of nitro benzene ring substituents is 1. The Labute approximate surface area is 184 Å². The quantitative estimate of drug-likeness (QED) is 0.469. The summed E-state index contributed by atoms with van der Waals surface area (Å²) in [6.07, 6.45) is 1.99. The number of nitro groups is 1. The Morgan fingerprint density at radius 2 is 1.94 bits per heavy atom. The van der Waals surface area contributed by atoms with E-state index in [0.29, 0.717) is 22.4 Å². The lowest BCUT2D eigenvalue weighted by Crippen LogP contribution is -2.37. The molecule has 1 aliphatic heterocycles. The second kappa shape index (κ2) is 8.78. The second-order valence-electron chi connectivity index (χ2n) is 8.21. The normalized spacial score (nSPS) is 13.7. The lowest BCUT2D eigenvalue weighted by atomic mass is 10.1. The number of nitrogens with one attached hydrogen (secondary N) is 1. The van der Waals surface area contributed by atoms with E-state index in [4.69, 9.17) is 0 Å². The van der Waals surface area contributed by atoms with Gasteiger partial charge in [0.25, 0.3) is 17.2 Å². The molecule has 1 amide bonds. The number of amides is 1. The first-order valence-corrected chi connectivity index (χ1v) is 10.7. The van der Waals surface area contributed by atoms with Crippen molar-refractivity contribution in [2.24, 2.45) is 0 Å². The SMILES string of the molecule is CC(C)N(Cc1nc2ccccc2c(=O)[nH]1)C(=O)c1ccc(N2CCCC2)c([N+](=O)[O-])c1. The molecule has 166 valence electrons. The number of H-pyrrole nitrogens is 1. The van der Waals surface area contributed by atoms with Crippen molar-refractivity contribution in [2.45, 2.75) is 39.3 Å². The molecular formula is C23H25N5O4. The molecule has 0 saturated carbocycles. The summed E-state index contributed by atoms with van der Waals surface area (Å²) >= 11 is 0. The van der Waals surface area contributed by atoms with Crippen molar-refractivity contribution in [1.29, 1.82) is 0 Å². The van der Waals surface area contributed by atoms with Crippen molar-refractivity contribution >= 4 is 28.2 Å². The molecule has 32 heavy (non-hydrogen) atoms. The fourth-order valence-corrected chi connectivity index (χ4v) is 4.05. The van der Waals surface area contributed by atoms with Crippen LogP contribution < -0.4 is 10.5 Å². The van der Waals surface area contributed by atoms with Crippen molar-refractivity contribution in [3.05, 3.63) is 74.3 Å². The number of para-hydroxylation sites is 1. The van der Waals surface area contributed by atoms with Crippen molar-refractivity contribution < 1.29 is 9.72 Å². The molecule has 0 radical (unpaired) electrons. The number of nitrogens with zero attached hydrogens (tertiary/aromatic N) is 4. The van der Waals surface area contributed by atoms with Crippen LogP contribution in [0.25, 0.3) is 10.9 Å². The molecule has 0 unspecified atom stereocenters. The lowest BCUT2D eigenvalue weighted by Gasteiger charge is -2.27. The van der Waals surface area contributed by atoms with Crippen molar-refractivity contribution in [3.63, 3.8) is 0 Å². The van der Waals surface area contributed by atoms with Gasteiger partial charge in [-0.15, -0.1) is 0 Å². The van der Waals surface area contributed by atoms with E-state index >= 15 is 0 Å². The standard InChI is InChI=1S/C23H25N5O4/c1-15(2)27(14-21-24-18-8-4-3-7-17(18)22(29)25-21)23(30)16-9-10-19(20(13-16)28(31)32)26-11-5-6-12-26/h3-4,7-10,13,15H,5-6,11-12,14H2,1-2H3,(H,24,25,29). The van der Waals surface area contributed by atoms with Crippen LogP contribution in [-0.4, -0.2) is 44.8 Å². The number of aromatic nitrogens is 2. The second-order valence-corrected chi connectivity index (χ2v) is 8.21. The van der Waals surface area contributed by atoms with E-state index < -0.39 is 4.92 Å². The van der Waals surface area contributed by atoms with Crippen molar-refractivity contribution in [3.8, 4) is 0 Å². The molecule has 1 saturated heterocycles. The Balaban J connectivity index is 1.66. The summed E-state index contributed by atoms with van der Waals surface area (Å²) in [5.41, 5.74) is 0.983. The van der Waals surface area contributed by atoms with E-state index in [1.54, 1.807) is 41.3 Å². The number of fused-ring (bicyclic) bond motifs is 1. The fraction of sp³-hybridized carbons (Fsp3) is 0.348. The minimum absolute atomic E-state index is 0.0707. The van der Waals surface area contributed by atoms with E-state index in [9.17, 15) is 19.7 Å². The number of rotatable bonds is 6. The number of hydrogen-bond donors (Lipinski definition) is 1. The molecule has 0 spiro atoms. The molecule has 3 aromatic rings. The van der Waals surface area contributed by atoms with E-state index in [1.165, 1.54) is 6.07 Å². The summed E-state index contributed by atoms with van der Waals surface area (Å²) in [6.45, 7) is 5.33. The van der Waals surface area contributed by atoms with Crippen LogP contribution in [0, 0.1) is 10.1 Å². The Kier molecular flexibility index (Phi) is 5.89. The molecule has 4 rings (SSSR count). The molecule has 1 aromatic heterocycles. The maximum absolute atomic E-state index is 13.3. The Hall–Kier alpha value is -3.75. The summed E-state index contributed by atoms with van der Waals surface area (Å²) < 4.78 is 0. The molecule has 1 aliphatic rings. The monoisotopic (exact) mass is 435 g/mol. The van der Waals surface area contributed by atoms with Gasteiger partial charge in [0.1, 0.15) is 11.5 Å². The molecule has 9 heteroatoms. The van der Waals surface area contributed by atoms with Gasteiger partial charge in [0.2, 0.25) is 0 Å². The van der Waals surface area contributed by atoms with Gasteiger partial charge in [-0.3, -0.25) is 19.7 Å². The zero-order chi connectivity index (χ0) is 22.8. The van der Waals surface area contributed by atoms with E-state index in [2.05, 4.69) is 9.97 Å². The zero-order valence-electron chi connectivity index (χ0n) is 18.1. The lowest BCUT2D eigenvalue weighted by molar-refractivity contribution is -0.384. The Morgan fingerprint density at radius 3 is 2.62 bits per heavy atom. The van der Waals surface area contributed by atoms with Crippen LogP contribution in [-0.2, 0) is 6.54 Å². The van der Waals surface area contributed by atoms with Crippen LogP contribution in [0.4, 0.5) is 11.4 Å². The van der Waals surface area contributed by atoms with Crippen LogP contribution in [0.3, 0.4) is 0 Å². The third kappa shape index (κ3) is 4.18. The summed E-state index contributed by atoms with van der Waals surface area (Å²) in [6, 6.07) is 11.4. The molecular weight excluding hydrogens is 410 g/mol. The highest BCUT2D eigenvalue weighted by atomic mass is 16.6. The first-order chi connectivity index (χ1) is 15.3. The van der Waals surface area contributed by atoms with Gasteiger partial charge in [0.15, 0.2) is 0 Å². The highest BCUT2D eigenvalue weighted by Gasteiger charge is 2.26. The van der Waals surface area contributed by atoms with Crippen molar-refractivity contribution in [2.75, 3.05) is 18.0 Å². The van der Waals surface area contributed by atoms with Gasteiger partial charge in [-0.1, -0.05) is 12.1 Å². The van der Waals surface area contributed by atoms with Crippen LogP contribution >= 0.6 is 0 Å². The van der Waals surface area contributed by atoms with E-state index in [1.807, 2.05) is 18.7 Å². The zero-order valence-corrected chi connectivity index (χ0v) is 18.1. The number of carbonyl (C=O) groups is 1. The van der Waals surface area contributed by atoms with Gasteiger partial charge in [-0.05, 0) is 51.0 Å². The van der Waals surface area contributed by atoms with Crippen molar-refractivity contribution in [1.82, 2.24) is 14.9 Å². The largest absolute Gasteiger partial charge is 0.366 e. The first-order valence-electron chi connectivity index (χ1n) is 10.7.